The van der Waals surface area contributed by atoms with Crippen molar-refractivity contribution >= 4 is 30.7 Å². The van der Waals surface area contributed by atoms with E-state index in [0.29, 0.717) is 11.2 Å². The Morgan fingerprint density at radius 2 is 2.04 bits per heavy atom. The van der Waals surface area contributed by atoms with Crippen molar-refractivity contribution in [1.82, 2.24) is 9.55 Å². The number of nitrogens with zero attached hydrogens (tertiary/aromatic N) is 3. The van der Waals surface area contributed by atoms with Crippen molar-refractivity contribution in [3.05, 3.63) is 57.5 Å². The third-order valence-electron chi connectivity index (χ3n) is 5.31. The number of rotatable bonds is 4. The third-order valence-corrected chi connectivity index (χ3v) is 5.31. The molecule has 4 rings (SSSR count). The van der Waals surface area contributed by atoms with Crippen molar-refractivity contribution in [3.8, 4) is 11.1 Å². The molecular weight excluding hydrogens is 353 g/mol. The Balaban J connectivity index is 1.98. The van der Waals surface area contributed by atoms with Gasteiger partial charge in [0.15, 0.2) is 0 Å². The van der Waals surface area contributed by atoms with Gasteiger partial charge in [0.2, 0.25) is 13.4 Å². The van der Waals surface area contributed by atoms with Crippen LogP contribution in [0.5, 0.6) is 0 Å². The van der Waals surface area contributed by atoms with Gasteiger partial charge < -0.3 is 14.5 Å². The summed E-state index contributed by atoms with van der Waals surface area (Å²) in [5.74, 6) is -0.493. The maximum absolute atomic E-state index is 12.7. The van der Waals surface area contributed by atoms with Gasteiger partial charge in [0.05, 0.1) is 5.52 Å². The molecule has 3 aromatic rings. The first-order chi connectivity index (χ1) is 13.3. The first-order valence-electron chi connectivity index (χ1n) is 9.16. The summed E-state index contributed by atoms with van der Waals surface area (Å²) in [7, 11) is 7.55. The minimum Gasteiger partial charge on any atom is -0.477 e. The molecule has 0 saturated heterocycles. The van der Waals surface area contributed by atoms with E-state index in [9.17, 15) is 14.7 Å². The molecule has 0 bridgehead atoms. The molecule has 0 amide bonds. The predicted molar refractivity (Wildman–Crippen MR) is 110 cm³/mol. The van der Waals surface area contributed by atoms with Crippen molar-refractivity contribution in [3.63, 3.8) is 0 Å². The standard InChI is InChI=1S/C21H20BN3O3/c1-11-8-13(9-23-20(11)24(3)22)15-6-7-16-18(12(15)2)25(14-4-5-14)10-17(19(16)26)21(27)28/h6-10,14H,4-5H2,1-3H3,(H,27,28). The van der Waals surface area contributed by atoms with Gasteiger partial charge in [-0.05, 0) is 62.6 Å². The van der Waals surface area contributed by atoms with E-state index in [2.05, 4.69) is 4.98 Å². The van der Waals surface area contributed by atoms with Gasteiger partial charge in [0, 0.05) is 29.4 Å². The number of fused-ring (bicyclic) bond motifs is 1. The number of carbonyl (C=O) groups is 1. The first kappa shape index (κ1) is 18.3. The van der Waals surface area contributed by atoms with E-state index < -0.39 is 11.4 Å². The minimum atomic E-state index is -1.19. The van der Waals surface area contributed by atoms with E-state index >= 15 is 0 Å². The molecular formula is C21H20BN3O3. The summed E-state index contributed by atoms with van der Waals surface area (Å²) in [6.07, 6.45) is 5.24. The highest BCUT2D eigenvalue weighted by atomic mass is 16.4. The maximum Gasteiger partial charge on any atom is 0.341 e. The largest absolute Gasteiger partial charge is 0.477 e. The average molecular weight is 373 g/mol. The molecule has 2 heterocycles. The number of anilines is 1. The Kier molecular flexibility index (Phi) is 4.25. The van der Waals surface area contributed by atoms with Crippen molar-refractivity contribution in [2.24, 2.45) is 0 Å². The molecule has 6 nitrogen and oxygen atoms in total. The normalized spacial score (nSPS) is 13.7. The lowest BCUT2D eigenvalue weighted by molar-refractivity contribution is 0.0695. The number of hydrogen-bond donors (Lipinski definition) is 1. The molecule has 1 aliphatic carbocycles. The van der Waals surface area contributed by atoms with Crippen LogP contribution in [0.25, 0.3) is 22.0 Å². The number of aromatic nitrogens is 2. The molecule has 2 radical (unpaired) electrons. The average Bonchev–Trinajstić information content (AvgIpc) is 3.47. The molecule has 1 fully saturated rings. The van der Waals surface area contributed by atoms with Crippen LogP contribution in [0.1, 0.15) is 40.4 Å². The lowest BCUT2D eigenvalue weighted by Crippen LogP contribution is -2.19. The summed E-state index contributed by atoms with van der Waals surface area (Å²) in [6.45, 7) is 3.92. The molecule has 1 aromatic carbocycles. The summed E-state index contributed by atoms with van der Waals surface area (Å²) in [4.78, 5) is 30.2. The fourth-order valence-electron chi connectivity index (χ4n) is 3.81. The summed E-state index contributed by atoms with van der Waals surface area (Å²) < 4.78 is 1.96. The Hall–Kier alpha value is -3.09. The Labute approximate surface area is 163 Å². The molecule has 0 unspecified atom stereocenters. The monoisotopic (exact) mass is 373 g/mol. The van der Waals surface area contributed by atoms with Crippen LogP contribution in [0.3, 0.4) is 0 Å². The van der Waals surface area contributed by atoms with Crippen LogP contribution in [-0.2, 0) is 0 Å². The lowest BCUT2D eigenvalue weighted by Gasteiger charge is -2.18. The quantitative estimate of drug-likeness (QED) is 0.711. The van der Waals surface area contributed by atoms with E-state index in [4.69, 9.17) is 7.98 Å². The first-order valence-corrected chi connectivity index (χ1v) is 9.16. The number of hydrogen-bond acceptors (Lipinski definition) is 4. The van der Waals surface area contributed by atoms with Crippen molar-refractivity contribution < 1.29 is 9.90 Å². The van der Waals surface area contributed by atoms with Gasteiger partial charge in [-0.1, -0.05) is 6.07 Å². The van der Waals surface area contributed by atoms with E-state index in [-0.39, 0.29) is 11.6 Å². The van der Waals surface area contributed by atoms with Crippen LogP contribution < -0.4 is 10.2 Å². The van der Waals surface area contributed by atoms with Crippen molar-refractivity contribution in [2.75, 3.05) is 11.9 Å². The molecule has 0 spiro atoms. The second-order valence-corrected chi connectivity index (χ2v) is 7.43. The fraction of sp³-hybridized carbons (Fsp3) is 0.286. The number of aromatic carboxylic acids is 1. The number of aryl methyl sites for hydroxylation is 2. The lowest BCUT2D eigenvalue weighted by atomic mass is 9.96. The SMILES string of the molecule is [B]N(C)c1ncc(-c2ccc3c(=O)c(C(=O)O)cn(C4CC4)c3c2C)cc1C. The van der Waals surface area contributed by atoms with Crippen LogP contribution in [0.4, 0.5) is 5.82 Å². The van der Waals surface area contributed by atoms with Crippen LogP contribution in [0, 0.1) is 13.8 Å². The zero-order valence-electron chi connectivity index (χ0n) is 16.1. The topological polar surface area (TPSA) is 75.4 Å². The zero-order chi connectivity index (χ0) is 20.2. The molecule has 1 aliphatic rings. The van der Waals surface area contributed by atoms with Crippen molar-refractivity contribution in [2.45, 2.75) is 32.7 Å². The van der Waals surface area contributed by atoms with E-state index in [1.54, 1.807) is 19.3 Å². The van der Waals surface area contributed by atoms with E-state index in [0.717, 1.165) is 40.6 Å². The molecule has 28 heavy (non-hydrogen) atoms. The van der Waals surface area contributed by atoms with Gasteiger partial charge in [0.25, 0.3) is 0 Å². The second kappa shape index (κ2) is 6.51. The van der Waals surface area contributed by atoms with Crippen LogP contribution in [0.15, 0.2) is 35.4 Å². The smallest absolute Gasteiger partial charge is 0.341 e. The van der Waals surface area contributed by atoms with Gasteiger partial charge in [-0.25, -0.2) is 9.78 Å². The predicted octanol–water partition coefficient (Wildman–Crippen LogP) is 3.23. The number of pyridine rings is 2. The number of benzene rings is 1. The fourth-order valence-corrected chi connectivity index (χ4v) is 3.81. The summed E-state index contributed by atoms with van der Waals surface area (Å²) >= 11 is 0. The Bertz CT molecular complexity index is 1180. The second-order valence-electron chi connectivity index (χ2n) is 7.43. The third kappa shape index (κ3) is 2.87. The van der Waals surface area contributed by atoms with Crippen LogP contribution in [0.2, 0.25) is 0 Å². The van der Waals surface area contributed by atoms with Gasteiger partial charge in [-0.2, -0.15) is 0 Å². The number of carboxylic acids is 1. The Morgan fingerprint density at radius 3 is 2.61 bits per heavy atom. The minimum absolute atomic E-state index is 0.181. The molecule has 0 aliphatic heterocycles. The van der Waals surface area contributed by atoms with Gasteiger partial charge in [-0.15, -0.1) is 0 Å². The highest BCUT2D eigenvalue weighted by Gasteiger charge is 2.28. The molecule has 2 aromatic heterocycles. The zero-order valence-corrected chi connectivity index (χ0v) is 16.1. The Morgan fingerprint density at radius 1 is 1.32 bits per heavy atom. The molecule has 7 heteroatoms. The summed E-state index contributed by atoms with van der Waals surface area (Å²) in [5.41, 5.74) is 3.96. The number of carboxylic acid groups (broad SMARTS) is 1. The van der Waals surface area contributed by atoms with E-state index in [1.807, 2.05) is 30.5 Å². The van der Waals surface area contributed by atoms with Crippen LogP contribution in [-0.4, -0.2) is 35.7 Å². The van der Waals surface area contributed by atoms with Crippen molar-refractivity contribution in [1.29, 1.82) is 0 Å². The summed E-state index contributed by atoms with van der Waals surface area (Å²) in [6, 6.07) is 5.85. The highest BCUT2D eigenvalue weighted by Crippen LogP contribution is 2.39. The highest BCUT2D eigenvalue weighted by molar-refractivity contribution is 6.17. The molecule has 140 valence electrons. The van der Waals surface area contributed by atoms with Gasteiger partial charge in [-0.3, -0.25) is 4.79 Å². The van der Waals surface area contributed by atoms with E-state index in [1.165, 1.54) is 11.0 Å². The molecule has 1 saturated carbocycles. The molecule has 0 atom stereocenters. The van der Waals surface area contributed by atoms with Gasteiger partial charge in [0.1, 0.15) is 11.4 Å². The van der Waals surface area contributed by atoms with Gasteiger partial charge >= 0.3 is 5.97 Å². The maximum atomic E-state index is 12.7. The molecule has 1 N–H and O–H groups in total. The van der Waals surface area contributed by atoms with Crippen LogP contribution >= 0.6 is 0 Å². The summed E-state index contributed by atoms with van der Waals surface area (Å²) in [5, 5.41) is 9.86.